The highest BCUT2D eigenvalue weighted by Gasteiger charge is 2.27. The molecule has 3 aromatic rings. The van der Waals surface area contributed by atoms with Crippen LogP contribution in [0.15, 0.2) is 58.1 Å². The van der Waals surface area contributed by atoms with Crippen LogP contribution in [0.3, 0.4) is 0 Å². The molecular weight excluding hydrogens is 412 g/mol. The zero-order chi connectivity index (χ0) is 22.5. The van der Waals surface area contributed by atoms with Crippen LogP contribution in [0, 0.1) is 18.6 Å². The number of benzene rings is 2. The van der Waals surface area contributed by atoms with E-state index in [-0.39, 0.29) is 11.7 Å². The third-order valence-electron chi connectivity index (χ3n) is 5.53. The molecule has 2 aromatic carbocycles. The summed E-state index contributed by atoms with van der Waals surface area (Å²) in [6.07, 6.45) is 3.11. The summed E-state index contributed by atoms with van der Waals surface area (Å²) in [5.41, 5.74) is 3.03. The molecule has 0 aliphatic carbocycles. The van der Waals surface area contributed by atoms with E-state index in [1.165, 1.54) is 23.8 Å². The van der Waals surface area contributed by atoms with Gasteiger partial charge in [-0.25, -0.2) is 13.8 Å². The lowest BCUT2D eigenvalue weighted by Crippen LogP contribution is -2.45. The first-order valence-electron chi connectivity index (χ1n) is 10.7. The molecule has 1 unspecified atom stereocenters. The van der Waals surface area contributed by atoms with E-state index in [0.29, 0.717) is 37.9 Å². The average Bonchev–Trinajstić information content (AvgIpc) is 3.43. The molecule has 4 rings (SSSR count). The Kier molecular flexibility index (Phi) is 6.68. The Morgan fingerprint density at radius 1 is 1.19 bits per heavy atom. The Bertz CT molecular complexity index is 1060. The molecule has 1 atom stereocenters. The Hall–Kier alpha value is -3.42. The van der Waals surface area contributed by atoms with Gasteiger partial charge < -0.3 is 20.0 Å². The fourth-order valence-corrected chi connectivity index (χ4v) is 3.82. The highest BCUT2D eigenvalue weighted by atomic mass is 19.1. The molecule has 8 heteroatoms. The van der Waals surface area contributed by atoms with Crippen molar-refractivity contribution in [3.63, 3.8) is 0 Å². The summed E-state index contributed by atoms with van der Waals surface area (Å²) in [5, 5.41) is 6.60. The topological polar surface area (TPSA) is 65.7 Å². The van der Waals surface area contributed by atoms with Crippen molar-refractivity contribution in [2.45, 2.75) is 25.8 Å². The maximum atomic E-state index is 14.1. The van der Waals surface area contributed by atoms with Crippen LogP contribution in [0.1, 0.15) is 17.7 Å². The Morgan fingerprint density at radius 3 is 2.66 bits per heavy atom. The molecule has 6 nitrogen and oxygen atoms in total. The number of oxazole rings is 1. The van der Waals surface area contributed by atoms with Crippen molar-refractivity contribution in [1.82, 2.24) is 15.6 Å². The van der Waals surface area contributed by atoms with Crippen molar-refractivity contribution in [3.8, 4) is 11.5 Å². The van der Waals surface area contributed by atoms with E-state index in [1.807, 2.05) is 31.2 Å². The molecule has 1 fully saturated rings. The second-order valence-electron chi connectivity index (χ2n) is 7.91. The fourth-order valence-electron chi connectivity index (χ4n) is 3.82. The molecule has 0 radical (unpaired) electrons. The molecule has 0 spiro atoms. The smallest absolute Gasteiger partial charge is 0.226 e. The zero-order valence-electron chi connectivity index (χ0n) is 18.2. The van der Waals surface area contributed by atoms with E-state index in [0.717, 1.165) is 17.7 Å². The number of hydrogen-bond donors (Lipinski definition) is 2. The zero-order valence-corrected chi connectivity index (χ0v) is 18.2. The number of rotatable bonds is 6. The summed E-state index contributed by atoms with van der Waals surface area (Å²) in [4.78, 5) is 10.5. The number of nitrogens with zero attached hydrogens (tertiary/aromatic N) is 3. The highest BCUT2D eigenvalue weighted by molar-refractivity contribution is 5.80. The van der Waals surface area contributed by atoms with Gasteiger partial charge in [-0.1, -0.05) is 23.8 Å². The van der Waals surface area contributed by atoms with Crippen LogP contribution < -0.4 is 15.5 Å². The number of anilines is 1. The van der Waals surface area contributed by atoms with Crippen LogP contribution in [0.2, 0.25) is 0 Å². The van der Waals surface area contributed by atoms with Crippen molar-refractivity contribution < 1.29 is 13.2 Å². The highest BCUT2D eigenvalue weighted by Crippen LogP contribution is 2.26. The van der Waals surface area contributed by atoms with Crippen molar-refractivity contribution in [2.75, 3.05) is 31.6 Å². The monoisotopic (exact) mass is 439 g/mol. The van der Waals surface area contributed by atoms with Gasteiger partial charge in [-0.2, -0.15) is 0 Å². The number of aromatic nitrogens is 1. The quantitative estimate of drug-likeness (QED) is 0.450. The van der Waals surface area contributed by atoms with Gasteiger partial charge in [0, 0.05) is 44.7 Å². The van der Waals surface area contributed by atoms with Crippen molar-refractivity contribution >= 4 is 11.6 Å². The second kappa shape index (κ2) is 9.80. The largest absolute Gasteiger partial charge is 0.444 e. The molecule has 1 aliphatic rings. The van der Waals surface area contributed by atoms with Crippen LogP contribution >= 0.6 is 0 Å². The van der Waals surface area contributed by atoms with E-state index in [4.69, 9.17) is 4.42 Å². The van der Waals surface area contributed by atoms with Gasteiger partial charge in [0.1, 0.15) is 23.6 Å². The van der Waals surface area contributed by atoms with E-state index in [1.54, 1.807) is 18.2 Å². The van der Waals surface area contributed by atoms with Crippen LogP contribution in [-0.4, -0.2) is 43.7 Å². The maximum absolute atomic E-state index is 14.1. The minimum Gasteiger partial charge on any atom is -0.444 e. The van der Waals surface area contributed by atoms with Gasteiger partial charge in [-0.05, 0) is 37.6 Å². The number of hydrogen-bond acceptors (Lipinski definition) is 4. The predicted octanol–water partition coefficient (Wildman–Crippen LogP) is 3.91. The number of nitrogens with one attached hydrogen (secondary N) is 2. The number of para-hydroxylation sites is 1. The first-order chi connectivity index (χ1) is 15.5. The summed E-state index contributed by atoms with van der Waals surface area (Å²) in [6, 6.07) is 12.0. The van der Waals surface area contributed by atoms with Gasteiger partial charge in [0.15, 0.2) is 5.96 Å². The maximum Gasteiger partial charge on any atom is 0.226 e. The van der Waals surface area contributed by atoms with Crippen LogP contribution in [0.5, 0.6) is 0 Å². The molecular formula is C24H27F2N5O. The van der Waals surface area contributed by atoms with E-state index in [9.17, 15) is 8.78 Å². The van der Waals surface area contributed by atoms with Crippen LogP contribution in [0.4, 0.5) is 14.5 Å². The molecule has 2 N–H and O–H groups in total. The molecule has 0 bridgehead atoms. The molecule has 1 aliphatic heterocycles. The number of aliphatic imine (C=N–C) groups is 1. The molecule has 0 saturated carbocycles. The molecule has 1 aromatic heterocycles. The molecule has 1 saturated heterocycles. The van der Waals surface area contributed by atoms with Gasteiger partial charge in [0.2, 0.25) is 5.89 Å². The van der Waals surface area contributed by atoms with Crippen molar-refractivity contribution in [1.29, 1.82) is 0 Å². The van der Waals surface area contributed by atoms with Gasteiger partial charge in [-0.3, -0.25) is 4.99 Å². The summed E-state index contributed by atoms with van der Waals surface area (Å²) >= 11 is 0. The summed E-state index contributed by atoms with van der Waals surface area (Å²) in [6.45, 7) is 3.74. The third kappa shape index (κ3) is 5.07. The predicted molar refractivity (Wildman–Crippen MR) is 122 cm³/mol. The lowest BCUT2D eigenvalue weighted by molar-refractivity contribution is 0.572. The van der Waals surface area contributed by atoms with E-state index < -0.39 is 11.6 Å². The minimum absolute atomic E-state index is 0.0372. The lowest BCUT2D eigenvalue weighted by Gasteiger charge is -2.21. The van der Waals surface area contributed by atoms with Crippen LogP contribution in [-0.2, 0) is 6.42 Å². The normalized spacial score (nSPS) is 16.4. The van der Waals surface area contributed by atoms with Gasteiger partial charge in [0.05, 0.1) is 5.69 Å². The summed E-state index contributed by atoms with van der Waals surface area (Å²) in [5.74, 6) is 0.179. The van der Waals surface area contributed by atoms with E-state index >= 15 is 0 Å². The fraction of sp³-hybridized carbons (Fsp3) is 0.333. The molecule has 0 amide bonds. The number of aryl methyl sites for hydroxylation is 1. The molecule has 168 valence electrons. The van der Waals surface area contributed by atoms with Crippen molar-refractivity contribution in [3.05, 3.63) is 71.6 Å². The number of guanidine groups is 1. The molecule has 2 heterocycles. The molecule has 32 heavy (non-hydrogen) atoms. The average molecular weight is 440 g/mol. The minimum atomic E-state index is -0.536. The Labute approximate surface area is 186 Å². The number of halogens is 2. The van der Waals surface area contributed by atoms with Gasteiger partial charge in [0.25, 0.3) is 0 Å². The van der Waals surface area contributed by atoms with Crippen LogP contribution in [0.25, 0.3) is 11.5 Å². The van der Waals surface area contributed by atoms with Gasteiger partial charge in [-0.15, -0.1) is 0 Å². The Balaban J connectivity index is 1.27. The summed E-state index contributed by atoms with van der Waals surface area (Å²) < 4.78 is 33.7. The Morgan fingerprint density at radius 2 is 1.94 bits per heavy atom. The third-order valence-corrected chi connectivity index (χ3v) is 5.53. The van der Waals surface area contributed by atoms with E-state index in [2.05, 4.69) is 20.6 Å². The first-order valence-corrected chi connectivity index (χ1v) is 10.7. The SMILES string of the molecule is CN=C(NCCc1coc(-c2ccc(C)cc2)n1)NC1CCN(c2c(F)cccc2F)C1. The first kappa shape index (κ1) is 21.8. The van der Waals surface area contributed by atoms with Crippen molar-refractivity contribution in [2.24, 2.45) is 4.99 Å². The standard InChI is InChI=1S/C24H27F2N5O/c1-16-6-8-17(9-7-16)23-29-19(15-32-23)10-12-28-24(27-2)30-18-11-13-31(14-18)22-20(25)4-3-5-21(22)26/h3-9,15,18H,10-14H2,1-2H3,(H2,27,28,30). The lowest BCUT2D eigenvalue weighted by atomic mass is 10.1. The second-order valence-corrected chi connectivity index (χ2v) is 7.91. The summed E-state index contributed by atoms with van der Waals surface area (Å²) in [7, 11) is 1.70. The van der Waals surface area contributed by atoms with Gasteiger partial charge >= 0.3 is 0 Å².